The molecular formula is C14H24ClN3O4S. The van der Waals surface area contributed by atoms with Crippen LogP contribution in [0.5, 0.6) is 0 Å². The van der Waals surface area contributed by atoms with E-state index in [-0.39, 0.29) is 29.3 Å². The van der Waals surface area contributed by atoms with Crippen LogP contribution in [0.15, 0.2) is 21.6 Å². The van der Waals surface area contributed by atoms with Crippen LogP contribution in [0.2, 0.25) is 0 Å². The Morgan fingerprint density at radius 1 is 1.35 bits per heavy atom. The molecule has 0 bridgehead atoms. The van der Waals surface area contributed by atoms with Crippen molar-refractivity contribution in [2.24, 2.45) is 11.7 Å². The number of carbonyl (C=O) groups excluding carboxylic acids is 1. The normalized spacial score (nSPS) is 17.3. The minimum atomic E-state index is -3.69. The molecule has 1 amide bonds. The van der Waals surface area contributed by atoms with E-state index in [9.17, 15) is 13.2 Å². The topological polar surface area (TPSA) is 114 Å². The van der Waals surface area contributed by atoms with Gasteiger partial charge in [0.1, 0.15) is 0 Å². The molecule has 1 unspecified atom stereocenters. The molecule has 1 aromatic heterocycles. The van der Waals surface area contributed by atoms with Gasteiger partial charge in [-0.1, -0.05) is 19.3 Å². The predicted molar refractivity (Wildman–Crippen MR) is 89.1 cm³/mol. The molecule has 0 radical (unpaired) electrons. The van der Waals surface area contributed by atoms with Crippen LogP contribution >= 0.6 is 12.4 Å². The molecule has 1 aromatic rings. The Bertz CT molecular complexity index is 611. The van der Waals surface area contributed by atoms with Crippen LogP contribution < -0.4 is 15.8 Å². The summed E-state index contributed by atoms with van der Waals surface area (Å²) in [6.07, 6.45) is 5.65. The maximum atomic E-state index is 12.2. The lowest BCUT2D eigenvalue weighted by Crippen LogP contribution is -2.45. The highest BCUT2D eigenvalue weighted by atomic mass is 35.5. The van der Waals surface area contributed by atoms with Crippen molar-refractivity contribution < 1.29 is 17.6 Å². The Hall–Kier alpha value is -1.09. The Labute approximate surface area is 142 Å². The van der Waals surface area contributed by atoms with Gasteiger partial charge in [-0.15, -0.1) is 12.4 Å². The lowest BCUT2D eigenvalue weighted by molar-refractivity contribution is 0.0882. The molecule has 0 saturated heterocycles. The molecular weight excluding hydrogens is 342 g/mol. The number of furan rings is 1. The van der Waals surface area contributed by atoms with E-state index in [2.05, 4.69) is 10.0 Å². The number of hydrogen-bond acceptors (Lipinski definition) is 5. The van der Waals surface area contributed by atoms with E-state index in [1.807, 2.05) is 0 Å². The molecule has 1 fully saturated rings. The highest BCUT2D eigenvalue weighted by Crippen LogP contribution is 2.26. The van der Waals surface area contributed by atoms with Gasteiger partial charge in [0.25, 0.3) is 15.9 Å². The second-order valence-electron chi connectivity index (χ2n) is 5.54. The van der Waals surface area contributed by atoms with E-state index in [0.717, 1.165) is 25.7 Å². The zero-order valence-electron chi connectivity index (χ0n) is 13.1. The summed E-state index contributed by atoms with van der Waals surface area (Å²) >= 11 is 0. The van der Waals surface area contributed by atoms with Gasteiger partial charge in [-0.2, -0.15) is 0 Å². The Kier molecular flexibility index (Phi) is 7.53. The van der Waals surface area contributed by atoms with Gasteiger partial charge in [-0.25, -0.2) is 13.1 Å². The number of halogens is 1. The van der Waals surface area contributed by atoms with E-state index in [4.69, 9.17) is 10.2 Å². The second-order valence-corrected chi connectivity index (χ2v) is 7.36. The van der Waals surface area contributed by atoms with E-state index < -0.39 is 15.9 Å². The summed E-state index contributed by atoms with van der Waals surface area (Å²) in [5.74, 6) is -0.0835. The third-order valence-electron chi connectivity index (χ3n) is 4.13. The van der Waals surface area contributed by atoms with Crippen molar-refractivity contribution in [2.75, 3.05) is 13.6 Å². The first-order valence-electron chi connectivity index (χ1n) is 7.52. The first-order chi connectivity index (χ1) is 10.5. The summed E-state index contributed by atoms with van der Waals surface area (Å²) in [6, 6.07) is 2.51. The average Bonchev–Trinajstić information content (AvgIpc) is 3.04. The van der Waals surface area contributed by atoms with Crippen molar-refractivity contribution in [3.05, 3.63) is 17.9 Å². The average molecular weight is 366 g/mol. The molecule has 4 N–H and O–H groups in total. The van der Waals surface area contributed by atoms with Crippen LogP contribution in [-0.2, 0) is 10.0 Å². The van der Waals surface area contributed by atoms with E-state index in [1.165, 1.54) is 25.6 Å². The molecule has 0 aromatic carbocycles. The number of amides is 1. The van der Waals surface area contributed by atoms with Crippen LogP contribution in [0.4, 0.5) is 0 Å². The lowest BCUT2D eigenvalue weighted by atomic mass is 9.84. The number of nitrogens with two attached hydrogens (primary N) is 1. The Morgan fingerprint density at radius 3 is 2.57 bits per heavy atom. The van der Waals surface area contributed by atoms with E-state index in [0.29, 0.717) is 12.5 Å². The monoisotopic (exact) mass is 365 g/mol. The van der Waals surface area contributed by atoms with Crippen molar-refractivity contribution >= 4 is 28.3 Å². The van der Waals surface area contributed by atoms with Gasteiger partial charge >= 0.3 is 0 Å². The van der Waals surface area contributed by atoms with Crippen molar-refractivity contribution in [3.8, 4) is 0 Å². The van der Waals surface area contributed by atoms with Crippen LogP contribution in [0, 0.1) is 5.92 Å². The fourth-order valence-electron chi connectivity index (χ4n) is 2.83. The molecule has 9 heteroatoms. The first-order valence-corrected chi connectivity index (χ1v) is 9.00. The minimum absolute atomic E-state index is 0. The van der Waals surface area contributed by atoms with Crippen LogP contribution in [0.1, 0.15) is 42.7 Å². The summed E-state index contributed by atoms with van der Waals surface area (Å²) in [5.41, 5.74) is 5.77. The molecule has 1 aliphatic rings. The summed E-state index contributed by atoms with van der Waals surface area (Å²) in [7, 11) is -2.40. The number of hydrogen-bond donors (Lipinski definition) is 3. The zero-order chi connectivity index (χ0) is 16.2. The molecule has 2 rings (SSSR count). The number of sulfonamides is 1. The van der Waals surface area contributed by atoms with Crippen molar-refractivity contribution in [2.45, 2.75) is 43.2 Å². The molecule has 7 nitrogen and oxygen atoms in total. The minimum Gasteiger partial charge on any atom is -0.438 e. The third-order valence-corrected chi connectivity index (χ3v) is 5.41. The summed E-state index contributed by atoms with van der Waals surface area (Å²) in [4.78, 5) is 12.2. The maximum absolute atomic E-state index is 12.2. The van der Waals surface area contributed by atoms with Gasteiger partial charge < -0.3 is 15.5 Å². The number of nitrogens with one attached hydrogen (secondary N) is 2. The summed E-state index contributed by atoms with van der Waals surface area (Å²) in [6.45, 7) is 0.360. The zero-order valence-corrected chi connectivity index (χ0v) is 14.7. The van der Waals surface area contributed by atoms with Crippen LogP contribution in [0.25, 0.3) is 0 Å². The number of rotatable bonds is 6. The van der Waals surface area contributed by atoms with Gasteiger partial charge in [0.05, 0.1) is 0 Å². The van der Waals surface area contributed by atoms with E-state index in [1.54, 1.807) is 0 Å². The second kappa shape index (κ2) is 8.68. The van der Waals surface area contributed by atoms with Gasteiger partial charge in [-0.05, 0) is 37.9 Å². The molecule has 1 saturated carbocycles. The standard InChI is InChI=1S/C14H23N3O4S.ClH/c1-16-22(19,20)13-8-7-12(21-13)14(18)17-11(9-15)10-5-3-2-4-6-10;/h7-8,10-11,16H,2-6,9,15H2,1H3,(H,17,18);1H. The van der Waals surface area contributed by atoms with Gasteiger partial charge in [0.2, 0.25) is 5.09 Å². The molecule has 1 aliphatic carbocycles. The fraction of sp³-hybridized carbons (Fsp3) is 0.643. The molecule has 132 valence electrons. The number of carbonyl (C=O) groups is 1. The first kappa shape index (κ1) is 20.0. The maximum Gasteiger partial charge on any atom is 0.287 e. The van der Waals surface area contributed by atoms with Crippen molar-refractivity contribution in [3.63, 3.8) is 0 Å². The fourth-order valence-corrected chi connectivity index (χ4v) is 3.48. The Morgan fingerprint density at radius 2 is 2.00 bits per heavy atom. The van der Waals surface area contributed by atoms with Gasteiger partial charge in [-0.3, -0.25) is 4.79 Å². The lowest BCUT2D eigenvalue weighted by Gasteiger charge is -2.29. The van der Waals surface area contributed by atoms with Crippen LogP contribution in [-0.4, -0.2) is 34.0 Å². The summed E-state index contributed by atoms with van der Waals surface area (Å²) in [5, 5.41) is 2.59. The Balaban J connectivity index is 0.00000264. The molecule has 23 heavy (non-hydrogen) atoms. The summed E-state index contributed by atoms with van der Waals surface area (Å²) < 4.78 is 30.5. The SMILES string of the molecule is CNS(=O)(=O)c1ccc(C(=O)NC(CN)C2CCCCC2)o1.Cl. The van der Waals surface area contributed by atoms with E-state index >= 15 is 0 Å². The van der Waals surface area contributed by atoms with Crippen molar-refractivity contribution in [1.29, 1.82) is 0 Å². The molecule has 0 aliphatic heterocycles. The quantitative estimate of drug-likeness (QED) is 0.701. The smallest absolute Gasteiger partial charge is 0.287 e. The molecule has 1 atom stereocenters. The predicted octanol–water partition coefficient (Wildman–Crippen LogP) is 1.25. The van der Waals surface area contributed by atoms with Crippen LogP contribution in [0.3, 0.4) is 0 Å². The van der Waals surface area contributed by atoms with Crippen molar-refractivity contribution in [1.82, 2.24) is 10.0 Å². The third kappa shape index (κ3) is 4.94. The van der Waals surface area contributed by atoms with Gasteiger partial charge in [0, 0.05) is 12.6 Å². The van der Waals surface area contributed by atoms with Gasteiger partial charge in [0.15, 0.2) is 5.76 Å². The highest BCUT2D eigenvalue weighted by Gasteiger charge is 2.26. The molecule has 1 heterocycles. The largest absolute Gasteiger partial charge is 0.438 e. The molecule has 0 spiro atoms. The highest BCUT2D eigenvalue weighted by molar-refractivity contribution is 7.89.